The van der Waals surface area contributed by atoms with Gasteiger partial charge in [-0.05, 0) is 30.5 Å². The lowest BCUT2D eigenvalue weighted by atomic mass is 10.00. The van der Waals surface area contributed by atoms with Crippen molar-refractivity contribution in [2.24, 2.45) is 5.92 Å². The third-order valence-corrected chi connectivity index (χ3v) is 3.59. The van der Waals surface area contributed by atoms with Gasteiger partial charge in [0.1, 0.15) is 0 Å². The molecule has 1 heterocycles. The summed E-state index contributed by atoms with van der Waals surface area (Å²) in [5.41, 5.74) is -0.428. The molecule has 0 spiro atoms. The molecule has 0 aromatic heterocycles. The summed E-state index contributed by atoms with van der Waals surface area (Å²) >= 11 is 0. The molecule has 120 valence electrons. The topological polar surface area (TPSA) is 38.3 Å². The fraction of sp³-hybridized carbons (Fsp3) is 0.438. The molecule has 22 heavy (non-hydrogen) atoms. The molecule has 0 saturated carbocycles. The quantitative estimate of drug-likeness (QED) is 0.867. The maximum Gasteiger partial charge on any atom is 0.416 e. The fourth-order valence-electron chi connectivity index (χ4n) is 2.39. The third-order valence-electron chi connectivity index (χ3n) is 3.59. The Bertz CT molecular complexity index is 561. The highest BCUT2D eigenvalue weighted by Crippen LogP contribution is 2.34. The van der Waals surface area contributed by atoms with Crippen LogP contribution in [-0.4, -0.2) is 25.7 Å². The van der Waals surface area contributed by atoms with Gasteiger partial charge in [0.2, 0.25) is 5.91 Å². The van der Waals surface area contributed by atoms with Gasteiger partial charge in [0.05, 0.1) is 12.2 Å². The standard InChI is InChI=1S/C16H18F3NO2/c1-11(8-15(21)20-9-12-6-7-22-10-12)13-4-2-3-5-14(13)16(17,18)19/h2-5,8,12H,6-7,9-10H2,1H3,(H,20,21)/b11-8+/t12-/m0/s1. The largest absolute Gasteiger partial charge is 0.416 e. The van der Waals surface area contributed by atoms with Crippen LogP contribution in [0.1, 0.15) is 24.5 Å². The van der Waals surface area contributed by atoms with Gasteiger partial charge in [-0.15, -0.1) is 0 Å². The summed E-state index contributed by atoms with van der Waals surface area (Å²) in [6, 6.07) is 5.24. The number of benzene rings is 1. The highest BCUT2D eigenvalue weighted by Gasteiger charge is 2.33. The monoisotopic (exact) mass is 313 g/mol. The van der Waals surface area contributed by atoms with Gasteiger partial charge in [-0.25, -0.2) is 0 Å². The van der Waals surface area contributed by atoms with Gasteiger partial charge >= 0.3 is 6.18 Å². The predicted octanol–water partition coefficient (Wildman–Crippen LogP) is 3.26. The average molecular weight is 313 g/mol. The molecule has 3 nitrogen and oxygen atoms in total. The van der Waals surface area contributed by atoms with Crippen LogP contribution in [0.3, 0.4) is 0 Å². The van der Waals surface area contributed by atoms with E-state index in [0.717, 1.165) is 12.5 Å². The van der Waals surface area contributed by atoms with Gasteiger partial charge in [0.15, 0.2) is 0 Å². The molecule has 1 aliphatic rings. The van der Waals surface area contributed by atoms with E-state index in [1.807, 2.05) is 0 Å². The molecule has 1 fully saturated rings. The molecule has 0 radical (unpaired) electrons. The van der Waals surface area contributed by atoms with Gasteiger partial charge in [0, 0.05) is 25.1 Å². The Morgan fingerprint density at radius 2 is 2.14 bits per heavy atom. The fourth-order valence-corrected chi connectivity index (χ4v) is 2.39. The van der Waals surface area contributed by atoms with E-state index in [-0.39, 0.29) is 23.0 Å². The van der Waals surface area contributed by atoms with Crippen molar-refractivity contribution in [2.75, 3.05) is 19.8 Å². The Balaban J connectivity index is 2.06. The highest BCUT2D eigenvalue weighted by molar-refractivity contribution is 5.95. The van der Waals surface area contributed by atoms with Crippen LogP contribution in [0.4, 0.5) is 13.2 Å². The summed E-state index contributed by atoms with van der Waals surface area (Å²) in [5.74, 6) is -0.110. The molecule has 1 amide bonds. The summed E-state index contributed by atoms with van der Waals surface area (Å²) < 4.78 is 44.1. The molecule has 0 aliphatic carbocycles. The van der Waals surface area contributed by atoms with E-state index in [0.29, 0.717) is 19.8 Å². The molecule has 2 rings (SSSR count). The van der Waals surface area contributed by atoms with Gasteiger partial charge in [0.25, 0.3) is 0 Å². The van der Waals surface area contributed by atoms with Crippen molar-refractivity contribution in [1.29, 1.82) is 0 Å². The van der Waals surface area contributed by atoms with Crippen molar-refractivity contribution in [1.82, 2.24) is 5.32 Å². The summed E-state index contributed by atoms with van der Waals surface area (Å²) in [6.45, 7) is 3.28. The van der Waals surface area contributed by atoms with Crippen LogP contribution in [0.2, 0.25) is 0 Å². The average Bonchev–Trinajstić information content (AvgIpc) is 2.97. The predicted molar refractivity (Wildman–Crippen MR) is 77.0 cm³/mol. The lowest BCUT2D eigenvalue weighted by molar-refractivity contribution is -0.137. The summed E-state index contributed by atoms with van der Waals surface area (Å²) in [4.78, 5) is 11.8. The van der Waals surface area contributed by atoms with E-state index >= 15 is 0 Å². The first-order valence-corrected chi connectivity index (χ1v) is 7.08. The maximum absolute atomic E-state index is 13.0. The molecule has 1 N–H and O–H groups in total. The van der Waals surface area contributed by atoms with Crippen LogP contribution in [0.15, 0.2) is 30.3 Å². The minimum atomic E-state index is -4.44. The molecular weight excluding hydrogens is 295 g/mol. The summed E-state index contributed by atoms with van der Waals surface area (Å²) in [6.07, 6.45) is -2.34. The minimum Gasteiger partial charge on any atom is -0.381 e. The lowest BCUT2D eigenvalue weighted by Crippen LogP contribution is -2.28. The van der Waals surface area contributed by atoms with Crippen LogP contribution in [0.5, 0.6) is 0 Å². The first-order valence-electron chi connectivity index (χ1n) is 7.08. The Hall–Kier alpha value is -1.82. The molecular formula is C16H18F3NO2. The smallest absolute Gasteiger partial charge is 0.381 e. The molecule has 0 unspecified atom stereocenters. The van der Waals surface area contributed by atoms with Crippen molar-refractivity contribution in [3.63, 3.8) is 0 Å². The Morgan fingerprint density at radius 3 is 2.77 bits per heavy atom. The number of halogens is 3. The second-order valence-electron chi connectivity index (χ2n) is 5.35. The Morgan fingerprint density at radius 1 is 1.41 bits per heavy atom. The van der Waals surface area contributed by atoms with Crippen molar-refractivity contribution in [3.05, 3.63) is 41.5 Å². The third kappa shape index (κ3) is 4.34. The van der Waals surface area contributed by atoms with Crippen LogP contribution >= 0.6 is 0 Å². The molecule has 0 bridgehead atoms. The first-order chi connectivity index (χ1) is 10.4. The maximum atomic E-state index is 13.0. The number of hydrogen-bond acceptors (Lipinski definition) is 2. The molecule has 6 heteroatoms. The van der Waals surface area contributed by atoms with E-state index in [9.17, 15) is 18.0 Å². The Kier molecular flexibility index (Phi) is 5.24. The number of carbonyl (C=O) groups excluding carboxylic acids is 1. The van der Waals surface area contributed by atoms with Crippen LogP contribution in [0, 0.1) is 5.92 Å². The van der Waals surface area contributed by atoms with Gasteiger partial charge < -0.3 is 10.1 Å². The van der Waals surface area contributed by atoms with Crippen LogP contribution in [0.25, 0.3) is 5.57 Å². The van der Waals surface area contributed by atoms with Gasteiger partial charge in [-0.3, -0.25) is 4.79 Å². The number of nitrogens with one attached hydrogen (secondary N) is 1. The zero-order valence-electron chi connectivity index (χ0n) is 12.2. The van der Waals surface area contributed by atoms with E-state index in [1.54, 1.807) is 0 Å². The number of hydrogen-bond donors (Lipinski definition) is 1. The SMILES string of the molecule is C/C(=C\C(=O)NC[C@@H]1CCOC1)c1ccccc1C(F)(F)F. The van der Waals surface area contributed by atoms with Crippen molar-refractivity contribution in [3.8, 4) is 0 Å². The second kappa shape index (κ2) is 6.96. The van der Waals surface area contributed by atoms with E-state index in [2.05, 4.69) is 5.32 Å². The Labute approximate surface area is 127 Å². The first kappa shape index (κ1) is 16.5. The molecule has 1 aromatic carbocycles. The number of rotatable bonds is 4. The van der Waals surface area contributed by atoms with Gasteiger partial charge in [-0.1, -0.05) is 18.2 Å². The van der Waals surface area contributed by atoms with E-state index in [4.69, 9.17) is 4.74 Å². The number of allylic oxidation sites excluding steroid dienone is 1. The van der Waals surface area contributed by atoms with Crippen molar-refractivity contribution in [2.45, 2.75) is 19.5 Å². The lowest BCUT2D eigenvalue weighted by Gasteiger charge is -2.13. The second-order valence-corrected chi connectivity index (χ2v) is 5.35. The van der Waals surface area contributed by atoms with Gasteiger partial charge in [-0.2, -0.15) is 13.2 Å². The summed E-state index contributed by atoms with van der Waals surface area (Å²) in [5, 5.41) is 2.71. The minimum absolute atomic E-state index is 0.0225. The number of amides is 1. The molecule has 1 aliphatic heterocycles. The zero-order chi connectivity index (χ0) is 16.2. The van der Waals surface area contributed by atoms with Crippen molar-refractivity contribution >= 4 is 11.5 Å². The molecule has 1 saturated heterocycles. The highest BCUT2D eigenvalue weighted by atomic mass is 19.4. The molecule has 1 aromatic rings. The number of carbonyl (C=O) groups is 1. The number of ether oxygens (including phenoxy) is 1. The van der Waals surface area contributed by atoms with Crippen LogP contribution in [-0.2, 0) is 15.7 Å². The normalized spacial score (nSPS) is 19.3. The van der Waals surface area contributed by atoms with E-state index in [1.165, 1.54) is 31.2 Å². The van der Waals surface area contributed by atoms with E-state index < -0.39 is 11.7 Å². The molecule has 1 atom stereocenters. The van der Waals surface area contributed by atoms with Crippen molar-refractivity contribution < 1.29 is 22.7 Å². The zero-order valence-corrected chi connectivity index (χ0v) is 12.2. The number of alkyl halides is 3. The van der Waals surface area contributed by atoms with Crippen LogP contribution < -0.4 is 5.32 Å². The summed E-state index contributed by atoms with van der Waals surface area (Å²) in [7, 11) is 0.